The van der Waals surface area contributed by atoms with Gasteiger partial charge in [0, 0.05) is 24.2 Å². The van der Waals surface area contributed by atoms with Crippen molar-refractivity contribution in [1.82, 2.24) is 4.90 Å². The van der Waals surface area contributed by atoms with Crippen molar-refractivity contribution >= 4 is 21.9 Å². The number of rotatable bonds is 7. The number of benzene rings is 1. The van der Waals surface area contributed by atoms with Crippen molar-refractivity contribution in [3.63, 3.8) is 0 Å². The fourth-order valence-electron chi connectivity index (χ4n) is 2.95. The second kappa shape index (κ2) is 7.51. The predicted octanol–water partition coefficient (Wildman–Crippen LogP) is 4.98. The Morgan fingerprint density at radius 1 is 1.33 bits per heavy atom. The zero-order chi connectivity index (χ0) is 15.4. The summed E-state index contributed by atoms with van der Waals surface area (Å²) in [5.41, 5.74) is 5.90. The largest absolute Gasteiger partial charge is 0.348 e. The highest BCUT2D eigenvalue weighted by atomic mass is 32.1. The van der Waals surface area contributed by atoms with Crippen LogP contribution in [0, 0.1) is 0 Å². The van der Waals surface area contributed by atoms with Crippen LogP contribution in [0.3, 0.4) is 0 Å². The van der Waals surface area contributed by atoms with Crippen LogP contribution in [0.5, 0.6) is 0 Å². The maximum atomic E-state index is 4.50. The molecule has 0 radical (unpaired) electrons. The van der Waals surface area contributed by atoms with E-state index in [9.17, 15) is 0 Å². The molecule has 0 amide bonds. The summed E-state index contributed by atoms with van der Waals surface area (Å²) >= 11 is 4.50. The Morgan fingerprint density at radius 3 is 2.62 bits per heavy atom. The Labute approximate surface area is 137 Å². The van der Waals surface area contributed by atoms with E-state index >= 15 is 0 Å². The lowest BCUT2D eigenvalue weighted by Crippen LogP contribution is -2.29. The summed E-state index contributed by atoms with van der Waals surface area (Å²) in [4.78, 5) is 2.28. The van der Waals surface area contributed by atoms with Crippen molar-refractivity contribution in [3.8, 4) is 0 Å². The molecular weight excluding hydrogens is 293 g/mol. The van der Waals surface area contributed by atoms with Crippen LogP contribution in [-0.2, 0) is 5.75 Å². The molecule has 3 heteroatoms. The second-order valence-corrected chi connectivity index (χ2v) is 6.95. The molecule has 0 saturated heterocycles. The minimum absolute atomic E-state index is 0.561. The van der Waals surface area contributed by atoms with Crippen LogP contribution < -0.4 is 0 Å². The third kappa shape index (κ3) is 3.73. The van der Waals surface area contributed by atoms with Crippen LogP contribution in [0.2, 0.25) is 0 Å². The van der Waals surface area contributed by atoms with Gasteiger partial charge in [-0.1, -0.05) is 37.8 Å². The first-order valence-corrected chi connectivity index (χ1v) is 8.97. The van der Waals surface area contributed by atoms with Gasteiger partial charge in [0.25, 0.3) is 0 Å². The number of hydrogen-bond acceptors (Lipinski definition) is 2. The summed E-state index contributed by atoms with van der Waals surface area (Å²) < 4.78 is 0. The molecule has 0 aliphatic carbocycles. The summed E-state index contributed by atoms with van der Waals surface area (Å²) in [6.07, 6.45) is 4.52. The Bertz CT molecular complexity index is 538. The van der Waals surface area contributed by atoms with Gasteiger partial charge in [-0.15, -0.1) is 9.24 Å². The highest BCUT2D eigenvalue weighted by Gasteiger charge is 2.23. The molecule has 0 N–H and O–H groups in total. The van der Waals surface area contributed by atoms with Gasteiger partial charge in [0.05, 0.1) is 0 Å². The van der Waals surface area contributed by atoms with E-state index in [1.165, 1.54) is 28.8 Å². The molecule has 1 nitrogen and oxygen atoms in total. The van der Waals surface area contributed by atoms with E-state index in [-0.39, 0.29) is 0 Å². The number of hydrogen-bond donors (Lipinski definition) is 1. The molecule has 1 aliphatic heterocycles. The van der Waals surface area contributed by atoms with Gasteiger partial charge in [0.1, 0.15) is 0 Å². The first-order valence-electron chi connectivity index (χ1n) is 7.67. The number of thiol groups is 1. The SMILES string of the molecule is C=C1C(C)=CN1CCC(c1ccccc1CS)[C@H](P)CC. The molecule has 0 aromatic heterocycles. The summed E-state index contributed by atoms with van der Waals surface area (Å²) in [5.74, 6) is 1.37. The van der Waals surface area contributed by atoms with Crippen LogP contribution in [-0.4, -0.2) is 17.1 Å². The molecule has 0 bridgehead atoms. The highest BCUT2D eigenvalue weighted by Crippen LogP contribution is 2.35. The van der Waals surface area contributed by atoms with E-state index in [1.54, 1.807) is 0 Å². The van der Waals surface area contributed by atoms with Crippen molar-refractivity contribution in [2.75, 3.05) is 6.54 Å². The van der Waals surface area contributed by atoms with Gasteiger partial charge in [-0.25, -0.2) is 0 Å². The molecule has 0 fully saturated rings. The van der Waals surface area contributed by atoms with E-state index in [0.29, 0.717) is 11.6 Å². The lowest BCUT2D eigenvalue weighted by atomic mass is 9.87. The fourth-order valence-corrected chi connectivity index (χ4v) is 3.64. The normalized spacial score (nSPS) is 17.2. The fraction of sp³-hybridized carbons (Fsp3) is 0.444. The molecule has 2 unspecified atom stereocenters. The average Bonchev–Trinajstić information content (AvgIpc) is 2.53. The molecule has 2 rings (SSSR count). The molecule has 0 saturated carbocycles. The van der Waals surface area contributed by atoms with Gasteiger partial charge >= 0.3 is 0 Å². The van der Waals surface area contributed by atoms with Gasteiger partial charge in [0.2, 0.25) is 0 Å². The smallest absolute Gasteiger partial charge is 0.0377 e. The first kappa shape index (κ1) is 16.6. The Hall–Kier alpha value is -0.720. The maximum absolute atomic E-state index is 4.50. The minimum atomic E-state index is 0.561. The van der Waals surface area contributed by atoms with Crippen LogP contribution >= 0.6 is 21.9 Å². The molecule has 1 aromatic rings. The lowest BCUT2D eigenvalue weighted by molar-refractivity contribution is 0.394. The molecule has 114 valence electrons. The summed E-state index contributed by atoms with van der Waals surface area (Å²) in [6.45, 7) is 9.55. The van der Waals surface area contributed by atoms with Crippen LogP contribution in [0.25, 0.3) is 0 Å². The van der Waals surface area contributed by atoms with Crippen molar-refractivity contribution in [2.24, 2.45) is 0 Å². The van der Waals surface area contributed by atoms with Crippen LogP contribution in [0.1, 0.15) is 43.7 Å². The molecule has 3 atom stereocenters. The van der Waals surface area contributed by atoms with Crippen LogP contribution in [0.15, 0.2) is 48.3 Å². The van der Waals surface area contributed by atoms with Crippen molar-refractivity contribution < 1.29 is 0 Å². The molecular formula is C18H26NPS. The van der Waals surface area contributed by atoms with Gasteiger partial charge in [-0.05, 0) is 48.0 Å². The first-order chi connectivity index (χ1) is 10.1. The molecule has 1 heterocycles. The van der Waals surface area contributed by atoms with Gasteiger partial charge in [0.15, 0.2) is 0 Å². The van der Waals surface area contributed by atoms with Gasteiger partial charge in [-0.3, -0.25) is 0 Å². The monoisotopic (exact) mass is 319 g/mol. The van der Waals surface area contributed by atoms with E-state index in [4.69, 9.17) is 0 Å². The summed E-state index contributed by atoms with van der Waals surface area (Å²) in [7, 11) is 3.04. The van der Waals surface area contributed by atoms with Crippen LogP contribution in [0.4, 0.5) is 0 Å². The second-order valence-electron chi connectivity index (χ2n) is 5.78. The average molecular weight is 319 g/mol. The van der Waals surface area contributed by atoms with E-state index in [2.05, 4.69) is 77.7 Å². The minimum Gasteiger partial charge on any atom is -0.348 e. The third-order valence-corrected chi connectivity index (χ3v) is 5.72. The standard InChI is InChI=1S/C18H26NPS/c1-4-18(20)17(9-10-19-11-13(2)14(19)3)16-8-6-5-7-15(16)12-21/h5-8,11,17-18,21H,3-4,9-10,12,20H2,1-2H3/t17?,18-/m1/s1. The molecule has 21 heavy (non-hydrogen) atoms. The quantitative estimate of drug-likeness (QED) is 0.548. The molecule has 1 aliphatic rings. The molecule has 0 spiro atoms. The third-order valence-electron chi connectivity index (χ3n) is 4.45. The number of nitrogens with zero attached hydrogens (tertiary/aromatic N) is 1. The molecule has 1 aromatic carbocycles. The Balaban J connectivity index is 2.13. The topological polar surface area (TPSA) is 3.24 Å². The Morgan fingerprint density at radius 2 is 2.05 bits per heavy atom. The van der Waals surface area contributed by atoms with Crippen molar-refractivity contribution in [3.05, 3.63) is 59.4 Å². The van der Waals surface area contributed by atoms with Gasteiger partial charge in [-0.2, -0.15) is 12.6 Å². The van der Waals surface area contributed by atoms with Gasteiger partial charge < -0.3 is 4.90 Å². The predicted molar refractivity (Wildman–Crippen MR) is 99.9 cm³/mol. The lowest BCUT2D eigenvalue weighted by Gasteiger charge is -2.35. The van der Waals surface area contributed by atoms with E-state index in [1.807, 2.05) is 0 Å². The Kier molecular flexibility index (Phi) is 5.96. The summed E-state index contributed by atoms with van der Waals surface area (Å²) in [6, 6.07) is 8.73. The summed E-state index contributed by atoms with van der Waals surface area (Å²) in [5, 5.41) is 0. The highest BCUT2D eigenvalue weighted by molar-refractivity contribution is 7.79. The van der Waals surface area contributed by atoms with Crippen molar-refractivity contribution in [2.45, 2.75) is 44.0 Å². The van der Waals surface area contributed by atoms with E-state index < -0.39 is 0 Å². The maximum Gasteiger partial charge on any atom is 0.0377 e. The van der Waals surface area contributed by atoms with Crippen molar-refractivity contribution in [1.29, 1.82) is 0 Å². The number of allylic oxidation sites excluding steroid dienone is 1. The van der Waals surface area contributed by atoms with E-state index in [0.717, 1.165) is 18.7 Å². The zero-order valence-corrected chi connectivity index (χ0v) is 15.1. The zero-order valence-electron chi connectivity index (χ0n) is 13.0.